The molecule has 0 atom stereocenters. The Kier molecular flexibility index (Phi) is 4.54. The van der Waals surface area contributed by atoms with Crippen LogP contribution in [0.5, 0.6) is 5.75 Å². The van der Waals surface area contributed by atoms with Gasteiger partial charge in [0.2, 0.25) is 0 Å². The van der Waals surface area contributed by atoms with Crippen molar-refractivity contribution in [1.82, 2.24) is 5.32 Å². The number of ether oxygens (including phenoxy) is 1. The molecule has 16 heavy (non-hydrogen) atoms. The highest BCUT2D eigenvalue weighted by molar-refractivity contribution is 5.92. The predicted octanol–water partition coefficient (Wildman–Crippen LogP) is 1.63. The first-order valence-corrected chi connectivity index (χ1v) is 4.92. The van der Waals surface area contributed by atoms with E-state index in [9.17, 15) is 4.79 Å². The summed E-state index contributed by atoms with van der Waals surface area (Å²) in [4.78, 5) is 10.9. The molecule has 4 nitrogen and oxygen atoms in total. The lowest BCUT2D eigenvalue weighted by molar-refractivity contribution is 0.0693. The van der Waals surface area contributed by atoms with Gasteiger partial charge in [-0.1, -0.05) is 24.3 Å². The summed E-state index contributed by atoms with van der Waals surface area (Å²) in [6.45, 7) is 0.723. The third-order valence-electron chi connectivity index (χ3n) is 2.10. The Hall–Kier alpha value is -1.81. The number of hydrogen-bond donors (Lipinski definition) is 2. The van der Waals surface area contributed by atoms with Crippen molar-refractivity contribution in [1.29, 1.82) is 0 Å². The number of hydrogen-bond acceptors (Lipinski definition) is 3. The fourth-order valence-corrected chi connectivity index (χ4v) is 1.39. The fourth-order valence-electron chi connectivity index (χ4n) is 1.39. The monoisotopic (exact) mass is 221 g/mol. The van der Waals surface area contributed by atoms with Crippen molar-refractivity contribution in [3.05, 3.63) is 35.4 Å². The van der Waals surface area contributed by atoms with E-state index in [-0.39, 0.29) is 5.56 Å². The largest absolute Gasteiger partial charge is 0.495 e. The number of para-hydroxylation sites is 1. The van der Waals surface area contributed by atoms with Crippen molar-refractivity contribution in [3.8, 4) is 5.75 Å². The van der Waals surface area contributed by atoms with Gasteiger partial charge in [0, 0.05) is 12.1 Å². The summed E-state index contributed by atoms with van der Waals surface area (Å²) in [5.41, 5.74) is 0.937. The van der Waals surface area contributed by atoms with E-state index >= 15 is 0 Å². The van der Waals surface area contributed by atoms with E-state index in [1.807, 2.05) is 25.3 Å². The number of carboxylic acid groups (broad SMARTS) is 1. The number of carbonyl (C=O) groups is 1. The first kappa shape index (κ1) is 12.3. The first-order valence-electron chi connectivity index (χ1n) is 4.92. The van der Waals surface area contributed by atoms with Gasteiger partial charge in [-0.2, -0.15) is 0 Å². The molecule has 0 heterocycles. The van der Waals surface area contributed by atoms with E-state index in [0.29, 0.717) is 5.75 Å². The number of rotatable bonds is 5. The van der Waals surface area contributed by atoms with Crippen LogP contribution < -0.4 is 10.1 Å². The highest BCUT2D eigenvalue weighted by atomic mass is 16.5. The van der Waals surface area contributed by atoms with E-state index in [4.69, 9.17) is 9.84 Å². The minimum Gasteiger partial charge on any atom is -0.495 e. The zero-order valence-corrected chi connectivity index (χ0v) is 9.36. The number of aromatic carboxylic acids is 1. The molecule has 0 fully saturated rings. The summed E-state index contributed by atoms with van der Waals surface area (Å²) < 4.78 is 5.12. The summed E-state index contributed by atoms with van der Waals surface area (Å²) in [7, 11) is 3.31. The number of nitrogens with one attached hydrogen (secondary N) is 1. The molecule has 0 saturated carbocycles. The summed E-state index contributed by atoms with van der Waals surface area (Å²) >= 11 is 0. The minimum atomic E-state index is -0.985. The Morgan fingerprint density at radius 2 is 2.31 bits per heavy atom. The van der Waals surface area contributed by atoms with Crippen LogP contribution in [0.4, 0.5) is 0 Å². The van der Waals surface area contributed by atoms with Gasteiger partial charge >= 0.3 is 5.97 Å². The molecule has 1 aromatic rings. The van der Waals surface area contributed by atoms with E-state index in [0.717, 1.165) is 12.1 Å². The molecule has 1 rings (SSSR count). The predicted molar refractivity (Wildman–Crippen MR) is 62.9 cm³/mol. The van der Waals surface area contributed by atoms with Crippen LogP contribution in [-0.2, 0) is 0 Å². The van der Waals surface area contributed by atoms with Gasteiger partial charge in [-0.3, -0.25) is 0 Å². The van der Waals surface area contributed by atoms with E-state index in [1.54, 1.807) is 6.07 Å². The Labute approximate surface area is 94.6 Å². The molecule has 2 N–H and O–H groups in total. The summed E-state index contributed by atoms with van der Waals surface area (Å²) in [5.74, 6) is -0.594. The van der Waals surface area contributed by atoms with E-state index in [2.05, 4.69) is 5.32 Å². The lowest BCUT2D eigenvalue weighted by atomic mass is 10.1. The van der Waals surface area contributed by atoms with Crippen LogP contribution in [0.2, 0.25) is 0 Å². The quantitative estimate of drug-likeness (QED) is 0.793. The van der Waals surface area contributed by atoms with Crippen LogP contribution in [0.1, 0.15) is 15.9 Å². The second kappa shape index (κ2) is 5.92. The highest BCUT2D eigenvalue weighted by Crippen LogP contribution is 2.24. The molecule has 0 unspecified atom stereocenters. The van der Waals surface area contributed by atoms with Crippen LogP contribution in [0.25, 0.3) is 6.08 Å². The molecule has 0 aromatic heterocycles. The first-order chi connectivity index (χ1) is 7.70. The Morgan fingerprint density at radius 1 is 1.56 bits per heavy atom. The van der Waals surface area contributed by atoms with Crippen LogP contribution in [0.15, 0.2) is 24.3 Å². The Balaban J connectivity index is 3.09. The highest BCUT2D eigenvalue weighted by Gasteiger charge is 2.12. The summed E-state index contributed by atoms with van der Waals surface area (Å²) in [6, 6.07) is 5.04. The minimum absolute atomic E-state index is 0.175. The maximum absolute atomic E-state index is 10.9. The van der Waals surface area contributed by atoms with Gasteiger partial charge in [-0.25, -0.2) is 4.79 Å². The second-order valence-electron chi connectivity index (χ2n) is 3.19. The van der Waals surface area contributed by atoms with Gasteiger partial charge in [0.05, 0.1) is 7.11 Å². The van der Waals surface area contributed by atoms with Crippen molar-refractivity contribution in [2.24, 2.45) is 0 Å². The van der Waals surface area contributed by atoms with Crippen LogP contribution >= 0.6 is 0 Å². The average Bonchev–Trinajstić information content (AvgIpc) is 2.29. The molecule has 1 aromatic carbocycles. The van der Waals surface area contributed by atoms with Crippen LogP contribution in [0, 0.1) is 0 Å². The average molecular weight is 221 g/mol. The molecule has 86 valence electrons. The van der Waals surface area contributed by atoms with Gasteiger partial charge in [0.1, 0.15) is 11.3 Å². The molecule has 0 aliphatic carbocycles. The van der Waals surface area contributed by atoms with Crippen molar-refractivity contribution in [3.63, 3.8) is 0 Å². The molecular weight excluding hydrogens is 206 g/mol. The third kappa shape index (κ3) is 2.84. The smallest absolute Gasteiger partial charge is 0.339 e. The fraction of sp³-hybridized carbons (Fsp3) is 0.250. The SMILES string of the molecule is CNCC=Cc1cccc(C(=O)O)c1OC. The molecular formula is C12H15NO3. The summed E-state index contributed by atoms with van der Waals surface area (Å²) in [6.07, 6.45) is 3.74. The van der Waals surface area contributed by atoms with Crippen molar-refractivity contribution in [2.45, 2.75) is 0 Å². The zero-order chi connectivity index (χ0) is 12.0. The Bertz CT molecular complexity index is 399. The molecule has 0 aliphatic heterocycles. The topological polar surface area (TPSA) is 58.6 Å². The second-order valence-corrected chi connectivity index (χ2v) is 3.19. The van der Waals surface area contributed by atoms with Gasteiger partial charge in [0.25, 0.3) is 0 Å². The molecule has 0 amide bonds. The standard InChI is InChI=1S/C12H15NO3/c1-13-8-4-6-9-5-3-7-10(12(14)15)11(9)16-2/h3-7,13H,8H2,1-2H3,(H,14,15). The zero-order valence-electron chi connectivity index (χ0n) is 9.36. The molecule has 0 radical (unpaired) electrons. The van der Waals surface area contributed by atoms with Gasteiger partial charge < -0.3 is 15.2 Å². The van der Waals surface area contributed by atoms with Crippen molar-refractivity contribution >= 4 is 12.0 Å². The van der Waals surface area contributed by atoms with Crippen molar-refractivity contribution < 1.29 is 14.6 Å². The van der Waals surface area contributed by atoms with E-state index < -0.39 is 5.97 Å². The maximum atomic E-state index is 10.9. The van der Waals surface area contributed by atoms with Gasteiger partial charge in [0.15, 0.2) is 0 Å². The van der Waals surface area contributed by atoms with E-state index in [1.165, 1.54) is 13.2 Å². The number of carboxylic acids is 1. The lowest BCUT2D eigenvalue weighted by Gasteiger charge is -2.08. The number of likely N-dealkylation sites (N-methyl/N-ethyl adjacent to an activating group) is 1. The lowest BCUT2D eigenvalue weighted by Crippen LogP contribution is -2.04. The molecule has 0 aliphatic rings. The van der Waals surface area contributed by atoms with Gasteiger partial charge in [-0.15, -0.1) is 0 Å². The van der Waals surface area contributed by atoms with Crippen LogP contribution in [0.3, 0.4) is 0 Å². The van der Waals surface area contributed by atoms with Crippen LogP contribution in [-0.4, -0.2) is 31.8 Å². The molecule has 0 spiro atoms. The number of methoxy groups -OCH3 is 1. The Morgan fingerprint density at radius 3 is 2.88 bits per heavy atom. The van der Waals surface area contributed by atoms with Gasteiger partial charge in [-0.05, 0) is 13.1 Å². The molecule has 0 bridgehead atoms. The summed E-state index contributed by atoms with van der Waals surface area (Å²) in [5, 5.41) is 11.9. The van der Waals surface area contributed by atoms with Crippen molar-refractivity contribution in [2.75, 3.05) is 20.7 Å². The maximum Gasteiger partial charge on any atom is 0.339 e. The number of benzene rings is 1. The normalized spacial score (nSPS) is 10.6. The molecule has 0 saturated heterocycles. The molecule has 4 heteroatoms. The third-order valence-corrected chi connectivity index (χ3v) is 2.10.